The van der Waals surface area contributed by atoms with E-state index < -0.39 is 68.5 Å². The van der Waals surface area contributed by atoms with Crippen molar-refractivity contribution in [1.82, 2.24) is 19.9 Å². The van der Waals surface area contributed by atoms with Crippen molar-refractivity contribution in [3.05, 3.63) is 42.0 Å². The number of nitrogens with one attached hydrogen (secondary N) is 2. The van der Waals surface area contributed by atoms with Gasteiger partial charge in [0.25, 0.3) is 0 Å². The Morgan fingerprint density at radius 1 is 1.37 bits per heavy atom. The highest BCUT2D eigenvalue weighted by molar-refractivity contribution is 7.52. The topological polar surface area (TPSA) is 141 Å². The predicted molar refractivity (Wildman–Crippen MR) is 144 cm³/mol. The van der Waals surface area contributed by atoms with Crippen molar-refractivity contribution in [3.8, 4) is 5.75 Å². The van der Waals surface area contributed by atoms with E-state index in [4.69, 9.17) is 18.5 Å². The number of hydrogen-bond acceptors (Lipinski definition) is 9. The molecule has 0 saturated carbocycles. The van der Waals surface area contributed by atoms with Crippen LogP contribution in [0.2, 0.25) is 0 Å². The van der Waals surface area contributed by atoms with Crippen LogP contribution < -0.4 is 14.9 Å². The molecular weight excluding hydrogens is 565 g/mol. The van der Waals surface area contributed by atoms with E-state index in [0.717, 1.165) is 16.7 Å². The van der Waals surface area contributed by atoms with Gasteiger partial charge in [0.05, 0.1) is 24.3 Å². The summed E-state index contributed by atoms with van der Waals surface area (Å²) in [4.78, 5) is 25.0. The second-order valence-corrected chi connectivity index (χ2v) is 12.3. The Labute approximate surface area is 236 Å². The number of aliphatic hydroxyl groups is 1. The second kappa shape index (κ2) is 11.7. The van der Waals surface area contributed by atoms with E-state index in [2.05, 4.69) is 10.4 Å². The Hall–Kier alpha value is -3.03. The highest BCUT2D eigenvalue weighted by Crippen LogP contribution is 2.48. The summed E-state index contributed by atoms with van der Waals surface area (Å²) in [5.74, 6) is -2.47. The van der Waals surface area contributed by atoms with E-state index in [1.807, 2.05) is 0 Å². The average Bonchev–Trinajstić information content (AvgIpc) is 3.34. The first-order valence-corrected chi connectivity index (χ1v) is 14.6. The number of rotatable bonds is 10. The number of amides is 1. The van der Waals surface area contributed by atoms with Gasteiger partial charge in [-0.1, -0.05) is 0 Å². The highest BCUT2D eigenvalue weighted by Gasteiger charge is 2.51. The van der Waals surface area contributed by atoms with Gasteiger partial charge in [0.15, 0.2) is 23.5 Å². The first kappa shape index (κ1) is 30.9. The number of halogens is 2. The van der Waals surface area contributed by atoms with Gasteiger partial charge in [-0.15, -0.1) is 0 Å². The lowest BCUT2D eigenvalue weighted by molar-refractivity contribution is -0.157. The molecule has 1 amide bonds. The van der Waals surface area contributed by atoms with Crippen molar-refractivity contribution in [2.75, 3.05) is 6.61 Å². The quantitative estimate of drug-likeness (QED) is 0.275. The third-order valence-corrected chi connectivity index (χ3v) is 8.39. The van der Waals surface area contributed by atoms with E-state index in [9.17, 15) is 19.3 Å². The van der Waals surface area contributed by atoms with Crippen molar-refractivity contribution in [2.24, 2.45) is 7.05 Å². The van der Waals surface area contributed by atoms with Gasteiger partial charge < -0.3 is 33.9 Å². The lowest BCUT2D eigenvalue weighted by Crippen LogP contribution is -2.56. The van der Waals surface area contributed by atoms with Gasteiger partial charge in [-0.3, -0.25) is 14.1 Å². The molecule has 0 bridgehead atoms. The maximum atomic E-state index is 15.5. The van der Waals surface area contributed by atoms with E-state index in [-0.39, 0.29) is 17.6 Å². The molecule has 2 aliphatic heterocycles. The third kappa shape index (κ3) is 6.73. The molecular formula is C26H35F2N4O8P. The fraction of sp³-hybridized carbons (Fsp3) is 0.538. The number of fused-ring (bicyclic) bond motifs is 1. The summed E-state index contributed by atoms with van der Waals surface area (Å²) in [6.07, 6.45) is -2.22. The maximum absolute atomic E-state index is 15.5. The van der Waals surface area contributed by atoms with Gasteiger partial charge in [-0.2, -0.15) is 5.09 Å². The highest BCUT2D eigenvalue weighted by atomic mass is 31.2. The van der Waals surface area contributed by atoms with E-state index in [1.165, 1.54) is 26.1 Å². The molecule has 6 atom stereocenters. The van der Waals surface area contributed by atoms with Gasteiger partial charge in [-0.05, 0) is 52.8 Å². The lowest BCUT2D eigenvalue weighted by atomic mass is 10.0. The summed E-state index contributed by atoms with van der Waals surface area (Å²) in [6, 6.07) is 3.32. The molecule has 1 aromatic carbocycles. The molecule has 1 aromatic heterocycles. The Balaban J connectivity index is 1.55. The van der Waals surface area contributed by atoms with Crippen LogP contribution in [0.1, 0.15) is 39.8 Å². The molecule has 3 N–H and O–H groups in total. The fourth-order valence-electron chi connectivity index (χ4n) is 4.67. The van der Waals surface area contributed by atoms with Gasteiger partial charge in [0, 0.05) is 36.8 Å². The molecule has 1 fully saturated rings. The Kier molecular flexibility index (Phi) is 8.81. The molecule has 15 heteroatoms. The van der Waals surface area contributed by atoms with E-state index >= 15 is 8.78 Å². The van der Waals surface area contributed by atoms with Crippen molar-refractivity contribution < 1.29 is 46.6 Å². The largest absolute Gasteiger partial charge is 0.462 e. The SMILES string of the molecule is Cc1cc2c(F)c(O[P@@](=O)(N[C@@H](C)C(=O)OC(C)C)OC[C@@H]3C[C@@](C)(F)[C@H](N4C=CC(=O)NC4O)O3)ccc2n1C. The van der Waals surface area contributed by atoms with Crippen molar-refractivity contribution >= 4 is 30.5 Å². The molecule has 0 spiro atoms. The molecule has 1 unspecified atom stereocenters. The molecule has 3 heterocycles. The number of carbonyl (C=O) groups excluding carboxylic acids is 2. The van der Waals surface area contributed by atoms with Crippen molar-refractivity contribution in [3.63, 3.8) is 0 Å². The number of aromatic nitrogens is 1. The molecule has 2 aromatic rings. The minimum atomic E-state index is -4.51. The number of carbonyl (C=O) groups is 2. The Morgan fingerprint density at radius 3 is 2.73 bits per heavy atom. The van der Waals surface area contributed by atoms with Gasteiger partial charge in [0.2, 0.25) is 12.3 Å². The number of hydrogen-bond donors (Lipinski definition) is 3. The van der Waals surface area contributed by atoms with Gasteiger partial charge in [-0.25, -0.2) is 13.3 Å². The Bertz CT molecular complexity index is 1400. The number of aryl methyl sites for hydroxylation is 2. The predicted octanol–water partition coefficient (Wildman–Crippen LogP) is 3.12. The second-order valence-electron chi connectivity index (χ2n) is 10.6. The van der Waals surface area contributed by atoms with Gasteiger partial charge >= 0.3 is 13.7 Å². The summed E-state index contributed by atoms with van der Waals surface area (Å²) in [6.45, 7) is 7.23. The normalized spacial score (nSPS) is 26.7. The van der Waals surface area contributed by atoms with E-state index in [1.54, 1.807) is 44.5 Å². The van der Waals surface area contributed by atoms with Crippen LogP contribution in [0.5, 0.6) is 5.75 Å². The van der Waals surface area contributed by atoms with Crippen LogP contribution in [-0.4, -0.2) is 69.6 Å². The smallest absolute Gasteiger partial charge is 0.459 e. The van der Waals surface area contributed by atoms with Crippen LogP contribution in [0.15, 0.2) is 30.5 Å². The average molecular weight is 601 g/mol. The monoisotopic (exact) mass is 600 g/mol. The lowest BCUT2D eigenvalue weighted by Gasteiger charge is -2.37. The number of esters is 1. The number of benzene rings is 1. The molecule has 226 valence electrons. The number of aliphatic hydroxyl groups excluding tert-OH is 1. The minimum Gasteiger partial charge on any atom is -0.462 e. The van der Waals surface area contributed by atoms with Gasteiger partial charge in [0.1, 0.15) is 6.04 Å². The summed E-state index contributed by atoms with van der Waals surface area (Å²) >= 11 is 0. The molecule has 1 saturated heterocycles. The molecule has 0 radical (unpaired) electrons. The minimum absolute atomic E-state index is 0.233. The zero-order chi connectivity index (χ0) is 30.3. The van der Waals surface area contributed by atoms with Crippen molar-refractivity contribution in [2.45, 2.75) is 77.5 Å². The third-order valence-electron chi connectivity index (χ3n) is 6.76. The number of ether oxygens (including phenoxy) is 2. The maximum Gasteiger partial charge on any atom is 0.459 e. The first-order chi connectivity index (χ1) is 19.1. The van der Waals surface area contributed by atoms with Crippen LogP contribution in [0.3, 0.4) is 0 Å². The van der Waals surface area contributed by atoms with Crippen LogP contribution in [-0.2, 0) is 35.2 Å². The van der Waals surface area contributed by atoms with Crippen LogP contribution in [0.4, 0.5) is 8.78 Å². The molecule has 41 heavy (non-hydrogen) atoms. The van der Waals surface area contributed by atoms with Crippen LogP contribution in [0.25, 0.3) is 10.9 Å². The summed E-state index contributed by atoms with van der Waals surface area (Å²) in [7, 11) is -2.73. The standard InChI is InChI=1S/C26H35F2N4O8P/c1-14(2)38-23(34)16(4)30-41(36,40-20-8-7-19-18(22(20)27)11-15(3)31(19)6)37-13-17-12-26(5,28)24(39-17)32-10-9-21(33)29-25(32)35/h7-11,14,16-17,24-25,35H,12-13H2,1-6H3,(H,29,33)(H,30,36)/t16-,17-,24+,25?,26+,41+/m0/s1. The molecule has 0 aliphatic carbocycles. The van der Waals surface area contributed by atoms with E-state index in [0.29, 0.717) is 5.52 Å². The summed E-state index contributed by atoms with van der Waals surface area (Å²) in [5.41, 5.74) is -0.645. The molecule has 4 rings (SSSR count). The number of alkyl halides is 1. The summed E-state index contributed by atoms with van der Waals surface area (Å²) < 4.78 is 68.8. The summed E-state index contributed by atoms with van der Waals surface area (Å²) in [5, 5.41) is 15.1. The zero-order valence-electron chi connectivity index (χ0n) is 23.6. The Morgan fingerprint density at radius 2 is 2.07 bits per heavy atom. The van der Waals surface area contributed by atoms with Crippen LogP contribution >= 0.6 is 7.75 Å². The zero-order valence-corrected chi connectivity index (χ0v) is 24.5. The van der Waals surface area contributed by atoms with Crippen LogP contribution in [0, 0.1) is 12.7 Å². The molecule has 12 nitrogen and oxygen atoms in total. The molecule has 2 aliphatic rings. The first-order valence-electron chi connectivity index (χ1n) is 13.1. The number of nitrogens with zero attached hydrogens (tertiary/aromatic N) is 2. The fourth-order valence-corrected chi connectivity index (χ4v) is 6.20. The van der Waals surface area contributed by atoms with Crippen molar-refractivity contribution in [1.29, 1.82) is 0 Å².